The molecule has 0 saturated carbocycles. The first-order valence-electron chi connectivity index (χ1n) is 8.66. The Morgan fingerprint density at radius 1 is 1.25 bits per heavy atom. The van der Waals surface area contributed by atoms with Gasteiger partial charge in [0.15, 0.2) is 17.3 Å². The van der Waals surface area contributed by atoms with Crippen LogP contribution < -0.4 is 10.1 Å². The maximum absolute atomic E-state index is 14.8. The fourth-order valence-corrected chi connectivity index (χ4v) is 3.02. The molecule has 0 aliphatic heterocycles. The number of hydrogen-bond donors (Lipinski definition) is 2. The number of methoxy groups -OCH3 is 1. The Kier molecular flexibility index (Phi) is 5.55. The molecule has 0 aromatic heterocycles. The van der Waals surface area contributed by atoms with Gasteiger partial charge in [0, 0.05) is 11.1 Å². The lowest BCUT2D eigenvalue weighted by Crippen LogP contribution is -2.43. The Bertz CT molecular complexity index is 879. The molecule has 1 aliphatic rings. The smallest absolute Gasteiger partial charge is 0.325 e. The first-order chi connectivity index (χ1) is 12.8. The highest BCUT2D eigenvalue weighted by atomic mass is 19.1. The van der Waals surface area contributed by atoms with E-state index in [1.807, 2.05) is 0 Å². The number of Topliss-reactive ketones (excluding diaryl/α,β-unsaturated/α-hetero) is 1. The third kappa shape index (κ3) is 3.85. The summed E-state index contributed by atoms with van der Waals surface area (Å²) in [4.78, 5) is 37.2. The second-order valence-electron chi connectivity index (χ2n) is 7.95. The molecule has 0 heterocycles. The van der Waals surface area contributed by atoms with E-state index in [0.29, 0.717) is 0 Å². The number of fused-ring (bicyclic) bond motifs is 1. The van der Waals surface area contributed by atoms with Gasteiger partial charge in [-0.2, -0.15) is 0 Å². The van der Waals surface area contributed by atoms with Crippen LogP contribution in [0.25, 0.3) is 5.76 Å². The van der Waals surface area contributed by atoms with Crippen molar-refractivity contribution in [3.05, 3.63) is 34.6 Å². The van der Waals surface area contributed by atoms with Crippen LogP contribution in [0.15, 0.2) is 17.7 Å². The van der Waals surface area contributed by atoms with Gasteiger partial charge < -0.3 is 19.9 Å². The van der Waals surface area contributed by atoms with Gasteiger partial charge in [0.2, 0.25) is 0 Å². The zero-order chi connectivity index (χ0) is 21.4. The van der Waals surface area contributed by atoms with E-state index in [9.17, 15) is 23.9 Å². The largest absolute Gasteiger partial charge is 0.506 e. The fraction of sp³-hybridized carbons (Fsp3) is 0.450. The number of rotatable bonds is 4. The van der Waals surface area contributed by atoms with Crippen molar-refractivity contribution in [1.29, 1.82) is 0 Å². The van der Waals surface area contributed by atoms with Crippen LogP contribution in [0.4, 0.5) is 4.39 Å². The van der Waals surface area contributed by atoms with Crippen molar-refractivity contribution in [2.75, 3.05) is 13.7 Å². The monoisotopic (exact) mass is 393 g/mol. The molecule has 28 heavy (non-hydrogen) atoms. The maximum atomic E-state index is 14.8. The number of esters is 1. The first kappa shape index (κ1) is 21.4. The Labute approximate surface area is 162 Å². The second kappa shape index (κ2) is 7.26. The molecule has 0 saturated heterocycles. The molecule has 0 spiro atoms. The number of carbonyl (C=O) groups excluding carboxylic acids is 3. The van der Waals surface area contributed by atoms with Gasteiger partial charge in [0.1, 0.15) is 23.5 Å². The summed E-state index contributed by atoms with van der Waals surface area (Å²) in [7, 11) is 1.29. The van der Waals surface area contributed by atoms with Crippen LogP contribution in [-0.2, 0) is 24.5 Å². The highest BCUT2D eigenvalue weighted by molar-refractivity contribution is 6.28. The summed E-state index contributed by atoms with van der Waals surface area (Å²) in [6.07, 6.45) is 0. The number of halogens is 1. The van der Waals surface area contributed by atoms with Crippen molar-refractivity contribution < 1.29 is 33.4 Å². The number of carbonyl (C=O) groups is 3. The minimum atomic E-state index is -1.43. The standard InChI is InChI=1S/C20H24FNO6/c1-19(2,3)28-12(23)9-22-18(26)13-16(24)10-7-8-11(27-6)15(21)14(10)20(4,5)17(13)25/h7-8,24H,9H2,1-6H3,(H,22,26). The lowest BCUT2D eigenvalue weighted by molar-refractivity contribution is -0.154. The van der Waals surface area contributed by atoms with Crippen molar-refractivity contribution >= 4 is 23.4 Å². The molecule has 2 N–H and O–H groups in total. The molecule has 0 bridgehead atoms. The molecule has 7 nitrogen and oxygen atoms in total. The summed E-state index contributed by atoms with van der Waals surface area (Å²) in [5.41, 5.74) is -2.74. The van der Waals surface area contributed by atoms with Crippen LogP contribution in [0.3, 0.4) is 0 Å². The topological polar surface area (TPSA) is 102 Å². The van der Waals surface area contributed by atoms with Crippen molar-refractivity contribution in [1.82, 2.24) is 5.32 Å². The Hall–Kier alpha value is -2.90. The van der Waals surface area contributed by atoms with Gasteiger partial charge in [0.05, 0.1) is 12.5 Å². The molecular formula is C20H24FNO6. The number of ketones is 1. The normalized spacial score (nSPS) is 15.8. The Morgan fingerprint density at radius 2 is 1.86 bits per heavy atom. The van der Waals surface area contributed by atoms with Gasteiger partial charge in [-0.1, -0.05) is 0 Å². The number of hydrogen-bond acceptors (Lipinski definition) is 6. The van der Waals surface area contributed by atoms with Gasteiger partial charge in [-0.15, -0.1) is 0 Å². The van der Waals surface area contributed by atoms with E-state index in [-0.39, 0.29) is 16.9 Å². The number of aliphatic hydroxyl groups excluding tert-OH is 1. The molecule has 8 heteroatoms. The summed E-state index contributed by atoms with van der Waals surface area (Å²) < 4.78 is 24.8. The van der Waals surface area contributed by atoms with E-state index in [4.69, 9.17) is 9.47 Å². The van der Waals surface area contributed by atoms with Crippen molar-refractivity contribution in [3.63, 3.8) is 0 Å². The number of ether oxygens (including phenoxy) is 2. The highest BCUT2D eigenvalue weighted by Crippen LogP contribution is 2.43. The molecular weight excluding hydrogens is 369 g/mol. The molecule has 1 aliphatic carbocycles. The SMILES string of the molecule is COc1ccc2c(c1F)C(C)(C)C(=O)C(C(=O)NCC(=O)OC(C)(C)C)=C2O. The number of benzene rings is 1. The lowest BCUT2D eigenvalue weighted by Gasteiger charge is -2.32. The molecule has 152 valence electrons. The molecule has 1 aromatic carbocycles. The van der Waals surface area contributed by atoms with Crippen molar-refractivity contribution in [3.8, 4) is 5.75 Å². The number of nitrogens with one attached hydrogen (secondary N) is 1. The zero-order valence-electron chi connectivity index (χ0n) is 16.7. The maximum Gasteiger partial charge on any atom is 0.325 e. The van der Waals surface area contributed by atoms with Gasteiger partial charge in [-0.05, 0) is 46.8 Å². The quantitative estimate of drug-likeness (QED) is 0.602. The summed E-state index contributed by atoms with van der Waals surface area (Å²) in [5.74, 6) is -3.92. The molecule has 1 aromatic rings. The number of aliphatic hydroxyl groups is 1. The third-order valence-corrected chi connectivity index (χ3v) is 4.28. The highest BCUT2D eigenvalue weighted by Gasteiger charge is 2.45. The van der Waals surface area contributed by atoms with Crippen LogP contribution in [0.2, 0.25) is 0 Å². The summed E-state index contributed by atoms with van der Waals surface area (Å²) in [6, 6.07) is 2.68. The minimum Gasteiger partial charge on any atom is -0.506 e. The predicted molar refractivity (Wildman–Crippen MR) is 99.4 cm³/mol. The Balaban J connectivity index is 2.41. The van der Waals surface area contributed by atoms with Crippen LogP contribution in [0.1, 0.15) is 45.7 Å². The van der Waals surface area contributed by atoms with Gasteiger partial charge >= 0.3 is 5.97 Å². The first-order valence-corrected chi connectivity index (χ1v) is 8.66. The van der Waals surface area contributed by atoms with E-state index in [0.717, 1.165) is 0 Å². The van der Waals surface area contributed by atoms with Gasteiger partial charge in [-0.3, -0.25) is 14.4 Å². The average molecular weight is 393 g/mol. The van der Waals surface area contributed by atoms with Gasteiger partial charge in [-0.25, -0.2) is 4.39 Å². The molecule has 2 rings (SSSR count). The summed E-state index contributed by atoms with van der Waals surface area (Å²) in [5, 5.41) is 12.8. The predicted octanol–water partition coefficient (Wildman–Crippen LogP) is 2.42. The van der Waals surface area contributed by atoms with Crippen LogP contribution in [0.5, 0.6) is 5.75 Å². The van der Waals surface area contributed by atoms with Crippen molar-refractivity contribution in [2.24, 2.45) is 0 Å². The lowest BCUT2D eigenvalue weighted by atomic mass is 9.70. The van der Waals surface area contributed by atoms with E-state index in [1.165, 1.54) is 33.1 Å². The van der Waals surface area contributed by atoms with E-state index in [1.54, 1.807) is 20.8 Å². The van der Waals surface area contributed by atoms with Crippen molar-refractivity contribution in [2.45, 2.75) is 45.6 Å². The second-order valence-corrected chi connectivity index (χ2v) is 7.95. The van der Waals surface area contributed by atoms with Crippen LogP contribution >= 0.6 is 0 Å². The van der Waals surface area contributed by atoms with E-state index >= 15 is 0 Å². The van der Waals surface area contributed by atoms with E-state index in [2.05, 4.69) is 5.32 Å². The Morgan fingerprint density at radius 3 is 2.39 bits per heavy atom. The molecule has 0 atom stereocenters. The zero-order valence-corrected chi connectivity index (χ0v) is 16.7. The van der Waals surface area contributed by atoms with E-state index < -0.39 is 52.4 Å². The van der Waals surface area contributed by atoms with Crippen LogP contribution in [0, 0.1) is 5.82 Å². The third-order valence-electron chi connectivity index (χ3n) is 4.28. The molecule has 0 radical (unpaired) electrons. The average Bonchev–Trinajstić information content (AvgIpc) is 2.56. The summed E-state index contributed by atoms with van der Waals surface area (Å²) >= 11 is 0. The fourth-order valence-electron chi connectivity index (χ4n) is 3.02. The van der Waals surface area contributed by atoms with Gasteiger partial charge in [0.25, 0.3) is 5.91 Å². The number of amides is 1. The van der Waals surface area contributed by atoms with Crippen LogP contribution in [-0.4, -0.2) is 42.0 Å². The minimum absolute atomic E-state index is 0.0188. The molecule has 0 unspecified atom stereocenters. The molecule has 0 fully saturated rings. The molecule has 1 amide bonds. The summed E-state index contributed by atoms with van der Waals surface area (Å²) in [6.45, 7) is 7.44.